The lowest BCUT2D eigenvalue weighted by Gasteiger charge is -2.42. The van der Waals surface area contributed by atoms with Gasteiger partial charge in [-0.05, 0) is 92.2 Å². The molecule has 1 atom stereocenters. The lowest BCUT2D eigenvalue weighted by Crippen LogP contribution is -2.48. The molecule has 0 aliphatic carbocycles. The molecule has 4 aromatic rings. The van der Waals surface area contributed by atoms with Crippen molar-refractivity contribution < 1.29 is 65.5 Å². The maximum absolute atomic E-state index is 14.4. The van der Waals surface area contributed by atoms with Gasteiger partial charge in [0, 0.05) is 43.0 Å². The number of H-pyrrole nitrogens is 1. The number of aliphatic hydroxyl groups is 1. The Morgan fingerprint density at radius 1 is 0.893 bits per heavy atom. The van der Waals surface area contributed by atoms with Crippen LogP contribution in [-0.4, -0.2) is 93.4 Å². The Morgan fingerprint density at radius 2 is 1.48 bits per heavy atom. The van der Waals surface area contributed by atoms with E-state index in [0.717, 1.165) is 54.8 Å². The molecular weight excluding hydrogens is 759 g/mol. The number of halogens is 7. The van der Waals surface area contributed by atoms with Gasteiger partial charge >= 0.3 is 24.3 Å². The fourth-order valence-corrected chi connectivity index (χ4v) is 5.54. The van der Waals surface area contributed by atoms with E-state index in [4.69, 9.17) is 24.5 Å². The predicted molar refractivity (Wildman–Crippen MR) is 191 cm³/mol. The molecular formula is C38H42F7N3O8. The van der Waals surface area contributed by atoms with E-state index in [0.29, 0.717) is 42.2 Å². The van der Waals surface area contributed by atoms with Crippen LogP contribution in [0.3, 0.4) is 0 Å². The molecule has 0 radical (unpaired) electrons. The Hall–Kier alpha value is -5.20. The molecule has 11 nitrogen and oxygen atoms in total. The second-order valence-electron chi connectivity index (χ2n) is 13.1. The monoisotopic (exact) mass is 801 g/mol. The summed E-state index contributed by atoms with van der Waals surface area (Å²) in [7, 11) is 0. The number of hydrogen-bond donors (Lipinski definition) is 6. The Labute approximate surface area is 316 Å². The number of aromatic hydroxyl groups is 1. The van der Waals surface area contributed by atoms with Crippen LogP contribution in [0.2, 0.25) is 0 Å². The highest BCUT2D eigenvalue weighted by molar-refractivity contribution is 5.87. The van der Waals surface area contributed by atoms with Crippen molar-refractivity contribution in [3.8, 4) is 11.5 Å². The van der Waals surface area contributed by atoms with E-state index in [1.54, 1.807) is 18.2 Å². The van der Waals surface area contributed by atoms with E-state index >= 15 is 0 Å². The first-order valence-corrected chi connectivity index (χ1v) is 17.2. The zero-order valence-corrected chi connectivity index (χ0v) is 30.3. The number of phenols is 1. The number of aliphatic carboxylic acids is 2. The standard InChI is InChI=1S/C34H40FN3O4.2C2HF3O2/c1-22(2)38-20-25(21-38)29-18-24(7-12-30(29)35)4-3-17-42-26-8-5-23(6-9-26)15-16-36-19-32(40)27-10-13-31(39)34-28(27)11-14-33(41)37-34;2*3-2(4,5)1(6)7/h5-14,18,22,25,32,36,39-40H,3-4,15-17,19-21H2,1-2H3,(H,37,41);2*(H,6,7)/t32-;;/m0../s1. The SMILES string of the molecule is CC(C)N1CC(c2cc(CCCOc3ccc(CCNC[C@H](O)c4ccc(O)c5[nH]c(=O)ccc45)cc3)ccc2F)C1.O=C(O)C(F)(F)F.O=C(O)C(F)(F)F. The van der Waals surface area contributed by atoms with Gasteiger partial charge in [0.2, 0.25) is 5.56 Å². The van der Waals surface area contributed by atoms with Crippen LogP contribution < -0.4 is 15.6 Å². The number of rotatable bonds is 13. The third-order valence-electron chi connectivity index (χ3n) is 8.62. The highest BCUT2D eigenvalue weighted by atomic mass is 19.4. The van der Waals surface area contributed by atoms with Crippen LogP contribution in [0.15, 0.2) is 71.5 Å². The third-order valence-corrected chi connectivity index (χ3v) is 8.62. The van der Waals surface area contributed by atoms with Gasteiger partial charge in [0.1, 0.15) is 17.3 Å². The Balaban J connectivity index is 0.000000512. The summed E-state index contributed by atoms with van der Waals surface area (Å²) in [6.45, 7) is 7.82. The molecule has 0 saturated carbocycles. The molecule has 0 bridgehead atoms. The van der Waals surface area contributed by atoms with Crippen LogP contribution in [0.5, 0.6) is 11.5 Å². The smallest absolute Gasteiger partial charge is 0.490 e. The number of nitrogens with one attached hydrogen (secondary N) is 2. The van der Waals surface area contributed by atoms with Gasteiger partial charge in [-0.1, -0.05) is 30.3 Å². The number of ether oxygens (including phenoxy) is 1. The quantitative estimate of drug-likeness (QED) is 0.0664. The summed E-state index contributed by atoms with van der Waals surface area (Å²) in [4.78, 5) is 34.4. The number of aromatic amines is 1. The molecule has 0 amide bonds. The zero-order chi connectivity index (χ0) is 41.8. The largest absolute Gasteiger partial charge is 0.506 e. The minimum absolute atomic E-state index is 0.0248. The molecule has 18 heteroatoms. The lowest BCUT2D eigenvalue weighted by molar-refractivity contribution is -0.193. The minimum atomic E-state index is -5.08. The number of alkyl halides is 6. The predicted octanol–water partition coefficient (Wildman–Crippen LogP) is 6.32. The van der Waals surface area contributed by atoms with Gasteiger partial charge in [-0.3, -0.25) is 9.69 Å². The Bertz CT molecular complexity index is 1940. The van der Waals surface area contributed by atoms with E-state index in [9.17, 15) is 45.7 Å². The topological polar surface area (TPSA) is 172 Å². The number of benzene rings is 3. The summed E-state index contributed by atoms with van der Waals surface area (Å²) in [6.07, 6.45) is -8.46. The first kappa shape index (κ1) is 45.2. The molecule has 306 valence electrons. The summed E-state index contributed by atoms with van der Waals surface area (Å²) in [5.41, 5.74) is 3.82. The Morgan fingerprint density at radius 3 is 2.05 bits per heavy atom. The number of nitrogens with zero attached hydrogens (tertiary/aromatic N) is 1. The number of likely N-dealkylation sites (tertiary alicyclic amines) is 1. The molecule has 1 aromatic heterocycles. The minimum Gasteiger partial charge on any atom is -0.506 e. The van der Waals surface area contributed by atoms with Crippen LogP contribution in [-0.2, 0) is 22.4 Å². The summed E-state index contributed by atoms with van der Waals surface area (Å²) in [5, 5.41) is 38.9. The number of pyridine rings is 1. The summed E-state index contributed by atoms with van der Waals surface area (Å²) in [5.74, 6) is -4.53. The van der Waals surface area contributed by atoms with Crippen molar-refractivity contribution in [1.29, 1.82) is 0 Å². The molecule has 3 aromatic carbocycles. The molecule has 6 N–H and O–H groups in total. The number of aliphatic hydroxyl groups excluding tert-OH is 1. The second kappa shape index (κ2) is 20.1. The van der Waals surface area contributed by atoms with Crippen molar-refractivity contribution >= 4 is 22.8 Å². The van der Waals surface area contributed by atoms with E-state index in [-0.39, 0.29) is 23.0 Å². The maximum Gasteiger partial charge on any atom is 0.490 e. The van der Waals surface area contributed by atoms with Crippen molar-refractivity contribution in [1.82, 2.24) is 15.2 Å². The number of fused-ring (bicyclic) bond motifs is 1. The van der Waals surface area contributed by atoms with Crippen molar-refractivity contribution in [3.05, 3.63) is 105 Å². The maximum atomic E-state index is 14.4. The molecule has 5 rings (SSSR count). The number of carbonyl (C=O) groups is 2. The second-order valence-corrected chi connectivity index (χ2v) is 13.1. The zero-order valence-electron chi connectivity index (χ0n) is 30.3. The van der Waals surface area contributed by atoms with E-state index in [1.807, 2.05) is 36.4 Å². The number of carboxylic acid groups (broad SMARTS) is 2. The van der Waals surface area contributed by atoms with Gasteiger partial charge in [-0.15, -0.1) is 0 Å². The van der Waals surface area contributed by atoms with E-state index < -0.39 is 30.4 Å². The number of phenolic OH excluding ortho intramolecular Hbond substituents is 1. The van der Waals surface area contributed by atoms with Gasteiger partial charge in [0.25, 0.3) is 0 Å². The fraction of sp³-hybridized carbons (Fsp3) is 0.395. The van der Waals surface area contributed by atoms with Crippen LogP contribution in [0.1, 0.15) is 54.5 Å². The van der Waals surface area contributed by atoms with Gasteiger partial charge in [0.15, 0.2) is 0 Å². The van der Waals surface area contributed by atoms with E-state index in [2.05, 4.69) is 29.0 Å². The molecule has 0 unspecified atom stereocenters. The third kappa shape index (κ3) is 13.8. The molecule has 2 heterocycles. The number of hydrogen-bond acceptors (Lipinski definition) is 8. The van der Waals surface area contributed by atoms with Crippen molar-refractivity contribution in [2.45, 2.75) is 63.5 Å². The summed E-state index contributed by atoms with van der Waals surface area (Å²) in [6, 6.07) is 20.2. The number of aromatic nitrogens is 1. The lowest BCUT2D eigenvalue weighted by atomic mass is 9.88. The highest BCUT2D eigenvalue weighted by Gasteiger charge is 2.39. The summed E-state index contributed by atoms with van der Waals surface area (Å²) >= 11 is 0. The van der Waals surface area contributed by atoms with Crippen LogP contribution >= 0.6 is 0 Å². The molecule has 1 aliphatic heterocycles. The summed E-state index contributed by atoms with van der Waals surface area (Å²) < 4.78 is 83.8. The normalized spacial score (nSPS) is 13.9. The molecule has 56 heavy (non-hydrogen) atoms. The van der Waals surface area contributed by atoms with Gasteiger partial charge in [-0.2, -0.15) is 26.3 Å². The number of carboxylic acids is 2. The first-order chi connectivity index (χ1) is 26.2. The highest BCUT2D eigenvalue weighted by Crippen LogP contribution is 2.31. The first-order valence-electron chi connectivity index (χ1n) is 17.2. The molecule has 1 fully saturated rings. The average molecular weight is 802 g/mol. The fourth-order valence-electron chi connectivity index (χ4n) is 5.54. The Kier molecular flexibility index (Phi) is 16.2. The van der Waals surface area contributed by atoms with Crippen LogP contribution in [0, 0.1) is 5.82 Å². The van der Waals surface area contributed by atoms with E-state index in [1.165, 1.54) is 12.1 Å². The van der Waals surface area contributed by atoms with Gasteiger partial charge in [-0.25, -0.2) is 14.0 Å². The molecule has 0 spiro atoms. The van der Waals surface area contributed by atoms with Crippen molar-refractivity contribution in [2.24, 2.45) is 0 Å². The number of aryl methyl sites for hydroxylation is 1. The average Bonchev–Trinajstić information content (AvgIpc) is 3.09. The van der Waals surface area contributed by atoms with Gasteiger partial charge in [0.05, 0.1) is 18.2 Å². The van der Waals surface area contributed by atoms with Crippen molar-refractivity contribution in [2.75, 3.05) is 32.8 Å². The van der Waals surface area contributed by atoms with Crippen molar-refractivity contribution in [3.63, 3.8) is 0 Å². The molecule has 1 aliphatic rings. The van der Waals surface area contributed by atoms with Gasteiger partial charge < -0.3 is 35.5 Å². The van der Waals surface area contributed by atoms with Crippen LogP contribution in [0.25, 0.3) is 10.9 Å². The van der Waals surface area contributed by atoms with Crippen LogP contribution in [0.4, 0.5) is 30.7 Å². The molecule has 1 saturated heterocycles.